The van der Waals surface area contributed by atoms with E-state index in [9.17, 15) is 10.2 Å². The Bertz CT molecular complexity index is 1360. The largest absolute Gasteiger partial charge is 0.508 e. The van der Waals surface area contributed by atoms with E-state index < -0.39 is 0 Å². The van der Waals surface area contributed by atoms with Crippen LogP contribution in [-0.2, 0) is 6.42 Å². The topological polar surface area (TPSA) is 40.5 Å². The molecule has 224 valence electrons. The van der Waals surface area contributed by atoms with E-state index in [1.807, 2.05) is 24.3 Å². The number of rotatable bonds is 8. The molecule has 0 aliphatic heterocycles. The first-order valence-corrected chi connectivity index (χ1v) is 16.7. The van der Waals surface area contributed by atoms with Crippen LogP contribution in [0.2, 0.25) is 0 Å². The first-order chi connectivity index (χ1) is 21.0. The molecule has 4 aromatic carbocycles. The number of phenols is 2. The van der Waals surface area contributed by atoms with E-state index in [0.717, 1.165) is 6.42 Å². The second-order valence-corrected chi connectivity index (χ2v) is 13.6. The van der Waals surface area contributed by atoms with Gasteiger partial charge in [-0.3, -0.25) is 0 Å². The van der Waals surface area contributed by atoms with Crippen LogP contribution in [0.5, 0.6) is 11.5 Å². The molecule has 0 heterocycles. The van der Waals surface area contributed by atoms with Crippen LogP contribution in [0.3, 0.4) is 0 Å². The minimum absolute atomic E-state index is 0.333. The molecule has 2 aliphatic rings. The molecule has 0 saturated heterocycles. The number of phenolic OH excluding ortho intramolecular Hbond substituents is 2. The molecule has 6 atom stereocenters. The van der Waals surface area contributed by atoms with Gasteiger partial charge in [0.1, 0.15) is 11.5 Å². The van der Waals surface area contributed by atoms with Crippen molar-refractivity contribution < 1.29 is 10.2 Å². The fourth-order valence-electron chi connectivity index (χ4n) is 8.48. The van der Waals surface area contributed by atoms with Crippen LogP contribution in [0, 0.1) is 11.8 Å². The summed E-state index contributed by atoms with van der Waals surface area (Å²) in [7, 11) is 0. The predicted octanol–water partition coefficient (Wildman–Crippen LogP) is 10.8. The SMILES string of the molecule is CC(c1ccccc1)C1CCCC(c2ccc(O)cc2Cc2cc(O)ccc2C2CCCC(C(C)c3ccccc3)C2)C1. The Morgan fingerprint density at radius 2 is 0.977 bits per heavy atom. The van der Waals surface area contributed by atoms with Gasteiger partial charge in [0.25, 0.3) is 0 Å². The van der Waals surface area contributed by atoms with Gasteiger partial charge in [0, 0.05) is 0 Å². The fourth-order valence-corrected chi connectivity index (χ4v) is 8.48. The molecule has 2 aliphatic carbocycles. The molecule has 6 unspecified atom stereocenters. The lowest BCUT2D eigenvalue weighted by Crippen LogP contribution is -2.21. The number of benzene rings is 4. The molecule has 2 nitrogen and oxygen atoms in total. The summed E-state index contributed by atoms with van der Waals surface area (Å²) >= 11 is 0. The maximum atomic E-state index is 10.6. The molecule has 0 bridgehead atoms. The molecular formula is C41H48O2. The zero-order valence-corrected chi connectivity index (χ0v) is 26.0. The maximum Gasteiger partial charge on any atom is 0.115 e. The number of hydrogen-bond donors (Lipinski definition) is 2. The molecule has 0 aromatic heterocycles. The zero-order chi connectivity index (χ0) is 29.8. The summed E-state index contributed by atoms with van der Waals surface area (Å²) in [4.78, 5) is 0. The summed E-state index contributed by atoms with van der Waals surface area (Å²) in [6.45, 7) is 4.80. The van der Waals surface area contributed by atoms with Gasteiger partial charge in [-0.25, -0.2) is 0 Å². The van der Waals surface area contributed by atoms with Gasteiger partial charge in [-0.15, -0.1) is 0 Å². The van der Waals surface area contributed by atoms with E-state index in [2.05, 4.69) is 86.6 Å². The molecule has 0 amide bonds. The van der Waals surface area contributed by atoms with Crippen LogP contribution in [0.15, 0.2) is 97.1 Å². The van der Waals surface area contributed by atoms with Gasteiger partial charge in [-0.2, -0.15) is 0 Å². The minimum atomic E-state index is 0.333. The maximum absolute atomic E-state index is 10.6. The van der Waals surface area contributed by atoms with Crippen molar-refractivity contribution in [2.75, 3.05) is 0 Å². The van der Waals surface area contributed by atoms with Crippen LogP contribution >= 0.6 is 0 Å². The lowest BCUT2D eigenvalue weighted by atomic mass is 9.70. The van der Waals surface area contributed by atoms with Gasteiger partial charge < -0.3 is 10.2 Å². The molecular weight excluding hydrogens is 524 g/mol. The second-order valence-electron chi connectivity index (χ2n) is 13.6. The van der Waals surface area contributed by atoms with Crippen molar-refractivity contribution >= 4 is 0 Å². The van der Waals surface area contributed by atoms with Crippen molar-refractivity contribution in [3.8, 4) is 11.5 Å². The van der Waals surface area contributed by atoms with Gasteiger partial charge >= 0.3 is 0 Å². The first kappa shape index (κ1) is 29.5. The van der Waals surface area contributed by atoms with E-state index in [-0.39, 0.29) is 0 Å². The van der Waals surface area contributed by atoms with Gasteiger partial charge in [0.05, 0.1) is 0 Å². The summed E-state index contributed by atoms with van der Waals surface area (Å²) < 4.78 is 0. The Balaban J connectivity index is 1.25. The van der Waals surface area contributed by atoms with E-state index in [1.165, 1.54) is 84.7 Å². The smallest absolute Gasteiger partial charge is 0.115 e. The third-order valence-electron chi connectivity index (χ3n) is 11.0. The summed E-state index contributed by atoms with van der Waals surface area (Å²) in [5.41, 5.74) is 8.09. The Hall–Kier alpha value is -3.52. The van der Waals surface area contributed by atoms with Crippen molar-refractivity contribution in [3.63, 3.8) is 0 Å². The molecule has 43 heavy (non-hydrogen) atoms. The van der Waals surface area contributed by atoms with Crippen LogP contribution in [0.1, 0.15) is 122 Å². The Labute approximate surface area is 258 Å². The standard InChI is InChI=1S/C41H48O2/c1-28(30-11-5-3-6-12-30)32-15-9-17-34(23-32)40-21-19-38(42)26-36(40)25-37-27-39(43)20-22-41(37)35-18-10-16-33(24-35)29(2)31-13-7-4-8-14-31/h3-8,11-14,19-22,26-29,32-35,42-43H,9-10,15-18,23-25H2,1-2H3. The van der Waals surface area contributed by atoms with E-state index >= 15 is 0 Å². The number of aromatic hydroxyl groups is 2. The molecule has 2 heteroatoms. The molecule has 0 radical (unpaired) electrons. The quantitative estimate of drug-likeness (QED) is 0.220. The Morgan fingerprint density at radius 3 is 1.40 bits per heavy atom. The number of hydrogen-bond acceptors (Lipinski definition) is 2. The van der Waals surface area contributed by atoms with E-state index in [1.54, 1.807) is 0 Å². The Morgan fingerprint density at radius 1 is 0.558 bits per heavy atom. The normalized spacial score (nSPS) is 23.9. The van der Waals surface area contributed by atoms with Crippen molar-refractivity contribution in [1.29, 1.82) is 0 Å². The molecule has 0 spiro atoms. The minimum Gasteiger partial charge on any atom is -0.508 e. The summed E-state index contributed by atoms with van der Waals surface area (Å²) in [5, 5.41) is 21.3. The summed E-state index contributed by atoms with van der Waals surface area (Å²) in [6.07, 6.45) is 10.6. The average Bonchev–Trinajstić information content (AvgIpc) is 3.05. The average molecular weight is 573 g/mol. The summed E-state index contributed by atoms with van der Waals surface area (Å²) in [6, 6.07) is 34.1. The van der Waals surface area contributed by atoms with Crippen molar-refractivity contribution in [2.24, 2.45) is 11.8 Å². The Kier molecular flexibility index (Phi) is 9.22. The van der Waals surface area contributed by atoms with Crippen molar-refractivity contribution in [1.82, 2.24) is 0 Å². The molecule has 6 rings (SSSR count). The first-order valence-electron chi connectivity index (χ1n) is 16.7. The van der Waals surface area contributed by atoms with E-state index in [4.69, 9.17) is 0 Å². The lowest BCUT2D eigenvalue weighted by molar-refractivity contribution is 0.285. The van der Waals surface area contributed by atoms with Gasteiger partial charge in [0.15, 0.2) is 0 Å². The molecule has 4 aromatic rings. The van der Waals surface area contributed by atoms with Crippen LogP contribution in [-0.4, -0.2) is 10.2 Å². The highest BCUT2D eigenvalue weighted by Gasteiger charge is 2.31. The highest BCUT2D eigenvalue weighted by atomic mass is 16.3. The highest BCUT2D eigenvalue weighted by Crippen LogP contribution is 2.46. The second kappa shape index (κ2) is 13.4. The third-order valence-corrected chi connectivity index (χ3v) is 11.0. The van der Waals surface area contributed by atoms with Gasteiger partial charge in [0.2, 0.25) is 0 Å². The van der Waals surface area contributed by atoms with Crippen LogP contribution in [0.25, 0.3) is 0 Å². The predicted molar refractivity (Wildman–Crippen MR) is 178 cm³/mol. The van der Waals surface area contributed by atoms with Crippen molar-refractivity contribution in [2.45, 2.75) is 95.3 Å². The lowest BCUT2D eigenvalue weighted by Gasteiger charge is -2.35. The van der Waals surface area contributed by atoms with Gasteiger partial charge in [-0.05, 0) is 138 Å². The van der Waals surface area contributed by atoms with Crippen LogP contribution in [0.4, 0.5) is 0 Å². The molecule has 2 saturated carbocycles. The van der Waals surface area contributed by atoms with Gasteiger partial charge in [-0.1, -0.05) is 99.5 Å². The fraction of sp³-hybridized carbons (Fsp3) is 0.415. The summed E-state index contributed by atoms with van der Waals surface area (Å²) in [5.74, 6) is 4.05. The van der Waals surface area contributed by atoms with E-state index in [0.29, 0.717) is 47.0 Å². The zero-order valence-electron chi connectivity index (χ0n) is 26.0. The van der Waals surface area contributed by atoms with Crippen molar-refractivity contribution in [3.05, 3.63) is 130 Å². The molecule has 2 N–H and O–H groups in total. The molecule has 2 fully saturated rings. The monoisotopic (exact) mass is 572 g/mol. The third kappa shape index (κ3) is 6.85. The highest BCUT2D eigenvalue weighted by molar-refractivity contribution is 5.45. The van der Waals surface area contributed by atoms with Crippen LogP contribution < -0.4 is 0 Å².